The topological polar surface area (TPSA) is 38.5 Å². The Labute approximate surface area is 105 Å². The zero-order valence-electron chi connectivity index (χ0n) is 11.6. The van der Waals surface area contributed by atoms with Gasteiger partial charge in [0, 0.05) is 20.1 Å². The molecule has 0 saturated carbocycles. The number of ether oxygens (including phenoxy) is 1. The Kier molecular flexibility index (Phi) is 4.40. The summed E-state index contributed by atoms with van der Waals surface area (Å²) >= 11 is 0. The lowest BCUT2D eigenvalue weighted by molar-refractivity contribution is 0.414. The molecule has 0 saturated heterocycles. The Hall–Kier alpha value is -1.22. The molecule has 96 valence electrons. The molecule has 1 aromatic rings. The van der Waals surface area contributed by atoms with E-state index in [1.54, 1.807) is 7.11 Å². The standard InChI is InChI=1S/C14H24N2O/c1-14(2,3)11-6-7-13(17-5)12(10-11)16(4)9-8-15/h6-7,10H,8-9,15H2,1-5H3. The molecule has 0 amide bonds. The second-order valence-electron chi connectivity index (χ2n) is 5.35. The van der Waals surface area contributed by atoms with Crippen molar-refractivity contribution in [1.82, 2.24) is 0 Å². The lowest BCUT2D eigenvalue weighted by Crippen LogP contribution is -2.26. The first-order chi connectivity index (χ1) is 7.90. The number of hydrogen-bond donors (Lipinski definition) is 1. The summed E-state index contributed by atoms with van der Waals surface area (Å²) < 4.78 is 5.40. The monoisotopic (exact) mass is 236 g/mol. The van der Waals surface area contributed by atoms with Gasteiger partial charge in [-0.3, -0.25) is 0 Å². The van der Waals surface area contributed by atoms with Gasteiger partial charge in [-0.25, -0.2) is 0 Å². The number of likely N-dealkylation sites (N-methyl/N-ethyl adjacent to an activating group) is 1. The predicted molar refractivity (Wildman–Crippen MR) is 74.0 cm³/mol. The third kappa shape index (κ3) is 3.37. The molecule has 0 unspecified atom stereocenters. The first kappa shape index (κ1) is 13.8. The third-order valence-corrected chi connectivity index (χ3v) is 2.92. The molecule has 1 aromatic carbocycles. The third-order valence-electron chi connectivity index (χ3n) is 2.92. The zero-order valence-corrected chi connectivity index (χ0v) is 11.6. The van der Waals surface area contributed by atoms with Crippen molar-refractivity contribution in [2.24, 2.45) is 5.73 Å². The Balaban J connectivity index is 3.15. The lowest BCUT2D eigenvalue weighted by atomic mass is 9.86. The molecular weight excluding hydrogens is 212 g/mol. The number of nitrogens with two attached hydrogens (primary N) is 1. The second-order valence-corrected chi connectivity index (χ2v) is 5.35. The lowest BCUT2D eigenvalue weighted by Gasteiger charge is -2.25. The Morgan fingerprint density at radius 2 is 1.94 bits per heavy atom. The van der Waals surface area contributed by atoms with Crippen LogP contribution < -0.4 is 15.4 Å². The van der Waals surface area contributed by atoms with Crippen molar-refractivity contribution in [3.8, 4) is 5.75 Å². The highest BCUT2D eigenvalue weighted by molar-refractivity contribution is 5.60. The number of benzene rings is 1. The molecule has 0 heterocycles. The van der Waals surface area contributed by atoms with Crippen LogP contribution in [0, 0.1) is 0 Å². The minimum atomic E-state index is 0.143. The zero-order chi connectivity index (χ0) is 13.1. The number of methoxy groups -OCH3 is 1. The van der Waals surface area contributed by atoms with Gasteiger partial charge in [0.25, 0.3) is 0 Å². The van der Waals surface area contributed by atoms with E-state index in [9.17, 15) is 0 Å². The van der Waals surface area contributed by atoms with Gasteiger partial charge >= 0.3 is 0 Å². The highest BCUT2D eigenvalue weighted by Gasteiger charge is 2.17. The smallest absolute Gasteiger partial charge is 0.142 e. The fraction of sp³-hybridized carbons (Fsp3) is 0.571. The van der Waals surface area contributed by atoms with E-state index in [0.29, 0.717) is 6.54 Å². The van der Waals surface area contributed by atoms with Crippen molar-refractivity contribution < 1.29 is 4.74 Å². The molecule has 0 fully saturated rings. The first-order valence-corrected chi connectivity index (χ1v) is 6.00. The quantitative estimate of drug-likeness (QED) is 0.872. The van der Waals surface area contributed by atoms with Crippen LogP contribution in [0.15, 0.2) is 18.2 Å². The van der Waals surface area contributed by atoms with Crippen LogP contribution in [0.3, 0.4) is 0 Å². The normalized spacial score (nSPS) is 11.4. The van der Waals surface area contributed by atoms with Crippen molar-refractivity contribution >= 4 is 5.69 Å². The van der Waals surface area contributed by atoms with Gasteiger partial charge in [0.15, 0.2) is 0 Å². The number of rotatable bonds is 4. The first-order valence-electron chi connectivity index (χ1n) is 6.00. The highest BCUT2D eigenvalue weighted by Crippen LogP contribution is 2.33. The fourth-order valence-corrected chi connectivity index (χ4v) is 1.77. The van der Waals surface area contributed by atoms with Gasteiger partial charge in [0.05, 0.1) is 12.8 Å². The van der Waals surface area contributed by atoms with E-state index in [1.165, 1.54) is 5.56 Å². The predicted octanol–water partition coefficient (Wildman–Crippen LogP) is 2.39. The van der Waals surface area contributed by atoms with Gasteiger partial charge in [-0.15, -0.1) is 0 Å². The van der Waals surface area contributed by atoms with E-state index < -0.39 is 0 Å². The van der Waals surface area contributed by atoms with Crippen LogP contribution >= 0.6 is 0 Å². The van der Waals surface area contributed by atoms with E-state index in [1.807, 2.05) is 13.1 Å². The van der Waals surface area contributed by atoms with Gasteiger partial charge in [-0.2, -0.15) is 0 Å². The van der Waals surface area contributed by atoms with Crippen LogP contribution in [0.25, 0.3) is 0 Å². The maximum absolute atomic E-state index is 5.60. The van der Waals surface area contributed by atoms with Crippen molar-refractivity contribution in [3.63, 3.8) is 0 Å². The van der Waals surface area contributed by atoms with E-state index >= 15 is 0 Å². The Morgan fingerprint density at radius 3 is 2.41 bits per heavy atom. The molecule has 17 heavy (non-hydrogen) atoms. The summed E-state index contributed by atoms with van der Waals surface area (Å²) in [5, 5.41) is 0. The molecule has 0 spiro atoms. The van der Waals surface area contributed by atoms with Crippen molar-refractivity contribution in [3.05, 3.63) is 23.8 Å². The van der Waals surface area contributed by atoms with E-state index in [4.69, 9.17) is 10.5 Å². The molecule has 0 radical (unpaired) electrons. The maximum atomic E-state index is 5.60. The molecule has 0 aliphatic rings. The van der Waals surface area contributed by atoms with Crippen molar-refractivity contribution in [2.75, 3.05) is 32.1 Å². The van der Waals surface area contributed by atoms with Crippen molar-refractivity contribution in [2.45, 2.75) is 26.2 Å². The average molecular weight is 236 g/mol. The summed E-state index contributed by atoms with van der Waals surface area (Å²) in [4.78, 5) is 2.13. The van der Waals surface area contributed by atoms with Gasteiger partial charge in [-0.1, -0.05) is 26.8 Å². The molecule has 0 atom stereocenters. The Morgan fingerprint density at radius 1 is 1.29 bits per heavy atom. The van der Waals surface area contributed by atoms with Crippen LogP contribution in [0.5, 0.6) is 5.75 Å². The Bertz CT molecular complexity index is 369. The van der Waals surface area contributed by atoms with E-state index in [-0.39, 0.29) is 5.41 Å². The summed E-state index contributed by atoms with van der Waals surface area (Å²) in [7, 11) is 3.74. The molecule has 1 rings (SSSR count). The summed E-state index contributed by atoms with van der Waals surface area (Å²) in [6.07, 6.45) is 0. The molecule has 0 bridgehead atoms. The number of hydrogen-bond acceptors (Lipinski definition) is 3. The minimum absolute atomic E-state index is 0.143. The van der Waals surface area contributed by atoms with Gasteiger partial charge in [0.2, 0.25) is 0 Å². The highest BCUT2D eigenvalue weighted by atomic mass is 16.5. The molecule has 0 aromatic heterocycles. The molecule has 0 aliphatic heterocycles. The molecule has 3 heteroatoms. The van der Waals surface area contributed by atoms with Crippen LogP contribution in [0.4, 0.5) is 5.69 Å². The van der Waals surface area contributed by atoms with Gasteiger partial charge in [0.1, 0.15) is 5.75 Å². The second kappa shape index (κ2) is 5.41. The van der Waals surface area contributed by atoms with Crippen LogP contribution in [-0.4, -0.2) is 27.2 Å². The fourth-order valence-electron chi connectivity index (χ4n) is 1.77. The largest absolute Gasteiger partial charge is 0.495 e. The van der Waals surface area contributed by atoms with Crippen LogP contribution in [0.2, 0.25) is 0 Å². The number of nitrogens with zero attached hydrogens (tertiary/aromatic N) is 1. The SMILES string of the molecule is COc1ccc(C(C)(C)C)cc1N(C)CCN. The van der Waals surface area contributed by atoms with E-state index in [2.05, 4.69) is 37.8 Å². The summed E-state index contributed by atoms with van der Waals surface area (Å²) in [5.74, 6) is 0.897. The van der Waals surface area contributed by atoms with Crippen LogP contribution in [0.1, 0.15) is 26.3 Å². The minimum Gasteiger partial charge on any atom is -0.495 e. The average Bonchev–Trinajstić information content (AvgIpc) is 2.27. The van der Waals surface area contributed by atoms with E-state index in [0.717, 1.165) is 18.0 Å². The molecular formula is C14H24N2O. The molecule has 2 N–H and O–H groups in total. The van der Waals surface area contributed by atoms with Crippen molar-refractivity contribution in [1.29, 1.82) is 0 Å². The molecule has 3 nitrogen and oxygen atoms in total. The molecule has 0 aliphatic carbocycles. The summed E-state index contributed by atoms with van der Waals surface area (Å²) in [6.45, 7) is 8.09. The number of anilines is 1. The van der Waals surface area contributed by atoms with Gasteiger partial charge in [-0.05, 0) is 23.1 Å². The van der Waals surface area contributed by atoms with Gasteiger partial charge < -0.3 is 15.4 Å². The maximum Gasteiger partial charge on any atom is 0.142 e. The van der Waals surface area contributed by atoms with Crippen LogP contribution in [-0.2, 0) is 5.41 Å². The summed E-state index contributed by atoms with van der Waals surface area (Å²) in [5.41, 5.74) is 8.15. The summed E-state index contributed by atoms with van der Waals surface area (Å²) in [6, 6.07) is 6.34.